The maximum atomic E-state index is 13.4. The molecule has 0 saturated carbocycles. The number of pyridine rings is 1. The molecule has 1 amide bonds. The molecule has 0 aromatic carbocycles. The SMILES string of the molecule is CO[C@@]1(C)C(=O)N(C2CCCCO2)c2nccc(B3OC(C)(C)C(C)(C)O3)c21. The van der Waals surface area contributed by atoms with Crippen molar-refractivity contribution in [3.05, 3.63) is 17.8 Å². The summed E-state index contributed by atoms with van der Waals surface area (Å²) < 4.78 is 24.2. The Balaban J connectivity index is 1.81. The molecule has 1 aromatic heterocycles. The molecule has 0 spiro atoms. The van der Waals surface area contributed by atoms with Crippen LogP contribution in [0.5, 0.6) is 0 Å². The molecule has 0 N–H and O–H groups in total. The molecule has 8 heteroatoms. The van der Waals surface area contributed by atoms with Crippen LogP contribution in [0.4, 0.5) is 5.82 Å². The second kappa shape index (κ2) is 6.52. The third kappa shape index (κ3) is 2.73. The fourth-order valence-electron chi connectivity index (χ4n) is 4.12. The highest BCUT2D eigenvalue weighted by atomic mass is 16.7. The number of anilines is 1. The molecular formula is C20H29BN2O5. The molecule has 152 valence electrons. The van der Waals surface area contributed by atoms with Crippen LogP contribution >= 0.6 is 0 Å². The van der Waals surface area contributed by atoms with Gasteiger partial charge in [0, 0.05) is 25.5 Å². The normalized spacial score (nSPS) is 31.4. The smallest absolute Gasteiger partial charge is 0.399 e. The van der Waals surface area contributed by atoms with Crippen molar-refractivity contribution in [3.63, 3.8) is 0 Å². The first-order valence-electron chi connectivity index (χ1n) is 9.98. The Kier molecular flexibility index (Phi) is 4.62. The number of rotatable bonds is 3. The molecule has 3 aliphatic heterocycles. The van der Waals surface area contributed by atoms with Crippen molar-refractivity contribution in [2.75, 3.05) is 18.6 Å². The zero-order chi connectivity index (χ0) is 20.3. The number of hydrogen-bond acceptors (Lipinski definition) is 6. The average Bonchev–Trinajstić information content (AvgIpc) is 3.02. The molecule has 4 rings (SSSR count). The molecule has 0 aliphatic carbocycles. The van der Waals surface area contributed by atoms with Gasteiger partial charge in [-0.25, -0.2) is 4.98 Å². The van der Waals surface area contributed by atoms with Gasteiger partial charge in [-0.05, 0) is 65.4 Å². The van der Waals surface area contributed by atoms with E-state index in [4.69, 9.17) is 18.8 Å². The molecule has 3 aliphatic rings. The van der Waals surface area contributed by atoms with Gasteiger partial charge in [0.2, 0.25) is 0 Å². The Morgan fingerprint density at radius 3 is 2.43 bits per heavy atom. The summed E-state index contributed by atoms with van der Waals surface area (Å²) in [5.41, 5.74) is -0.642. The van der Waals surface area contributed by atoms with Gasteiger partial charge in [-0.2, -0.15) is 0 Å². The molecule has 7 nitrogen and oxygen atoms in total. The summed E-state index contributed by atoms with van der Waals surface area (Å²) >= 11 is 0. The summed E-state index contributed by atoms with van der Waals surface area (Å²) in [5, 5.41) is 0. The number of ether oxygens (including phenoxy) is 2. The molecule has 4 heterocycles. The highest BCUT2D eigenvalue weighted by molar-refractivity contribution is 6.63. The van der Waals surface area contributed by atoms with Crippen molar-refractivity contribution in [1.82, 2.24) is 4.98 Å². The monoisotopic (exact) mass is 388 g/mol. The summed E-state index contributed by atoms with van der Waals surface area (Å²) in [6, 6.07) is 1.86. The van der Waals surface area contributed by atoms with Crippen LogP contribution in [0, 0.1) is 0 Å². The van der Waals surface area contributed by atoms with Crippen LogP contribution in [0.3, 0.4) is 0 Å². The van der Waals surface area contributed by atoms with Gasteiger partial charge >= 0.3 is 7.12 Å². The summed E-state index contributed by atoms with van der Waals surface area (Å²) in [6.07, 6.45) is 4.19. The standard InChI is InChI=1S/C20H29BN2O5/c1-18(2)19(3,4)28-21(27-18)13-10-11-22-16-15(13)20(5,25-6)17(24)23(16)14-9-7-8-12-26-14/h10-11,14H,7-9,12H2,1-6H3/t14?,20-/m1/s1. The van der Waals surface area contributed by atoms with Crippen molar-refractivity contribution in [3.8, 4) is 0 Å². The minimum atomic E-state index is -1.16. The van der Waals surface area contributed by atoms with Gasteiger partial charge in [-0.3, -0.25) is 9.69 Å². The van der Waals surface area contributed by atoms with Crippen LogP contribution in [0.25, 0.3) is 0 Å². The predicted octanol–water partition coefficient (Wildman–Crippen LogP) is 2.12. The summed E-state index contributed by atoms with van der Waals surface area (Å²) in [6.45, 7) is 10.5. The highest BCUT2D eigenvalue weighted by Gasteiger charge is 2.58. The number of nitrogens with zero attached hydrogens (tertiary/aromatic N) is 2. The van der Waals surface area contributed by atoms with E-state index < -0.39 is 23.9 Å². The number of carbonyl (C=O) groups excluding carboxylic acids is 1. The van der Waals surface area contributed by atoms with Gasteiger partial charge in [0.05, 0.1) is 11.2 Å². The molecule has 2 atom stereocenters. The molecule has 2 saturated heterocycles. The number of hydrogen-bond donors (Lipinski definition) is 0. The van der Waals surface area contributed by atoms with Gasteiger partial charge in [0.1, 0.15) is 12.0 Å². The van der Waals surface area contributed by atoms with E-state index in [1.165, 1.54) is 0 Å². The van der Waals surface area contributed by atoms with Crippen LogP contribution in [-0.2, 0) is 29.2 Å². The lowest BCUT2D eigenvalue weighted by atomic mass is 9.73. The van der Waals surface area contributed by atoms with Crippen LogP contribution in [0.1, 0.15) is 59.4 Å². The first kappa shape index (κ1) is 19.8. The first-order chi connectivity index (χ1) is 13.1. The molecular weight excluding hydrogens is 359 g/mol. The molecule has 0 bridgehead atoms. The minimum absolute atomic E-state index is 0.159. The van der Waals surface area contributed by atoms with E-state index >= 15 is 0 Å². The van der Waals surface area contributed by atoms with Crippen LogP contribution in [0.2, 0.25) is 0 Å². The maximum absolute atomic E-state index is 13.4. The van der Waals surface area contributed by atoms with Crippen LogP contribution in [0.15, 0.2) is 12.3 Å². The lowest BCUT2D eigenvalue weighted by Crippen LogP contribution is -2.48. The number of carbonyl (C=O) groups is 1. The average molecular weight is 388 g/mol. The first-order valence-corrected chi connectivity index (χ1v) is 9.98. The largest absolute Gasteiger partial charge is 0.495 e. The fraction of sp³-hybridized carbons (Fsp3) is 0.700. The van der Waals surface area contributed by atoms with Crippen LogP contribution in [-0.4, -0.2) is 49.2 Å². The number of fused-ring (bicyclic) bond motifs is 1. The van der Waals surface area contributed by atoms with E-state index in [0.717, 1.165) is 24.7 Å². The van der Waals surface area contributed by atoms with Gasteiger partial charge in [0.15, 0.2) is 5.60 Å². The van der Waals surface area contributed by atoms with E-state index in [0.29, 0.717) is 18.0 Å². The van der Waals surface area contributed by atoms with Crippen molar-refractivity contribution in [1.29, 1.82) is 0 Å². The Bertz CT molecular complexity index is 777. The van der Waals surface area contributed by atoms with Gasteiger partial charge < -0.3 is 18.8 Å². The molecule has 2 fully saturated rings. The van der Waals surface area contributed by atoms with Crippen molar-refractivity contribution >= 4 is 24.3 Å². The molecule has 0 radical (unpaired) electrons. The minimum Gasteiger partial charge on any atom is -0.399 e. The third-order valence-corrected chi connectivity index (χ3v) is 6.65. The van der Waals surface area contributed by atoms with Crippen LogP contribution < -0.4 is 10.4 Å². The number of aromatic nitrogens is 1. The van der Waals surface area contributed by atoms with Crippen molar-refractivity contribution in [2.24, 2.45) is 0 Å². The Hall–Kier alpha value is -1.48. The fourth-order valence-corrected chi connectivity index (χ4v) is 4.12. The second-order valence-electron chi connectivity index (χ2n) is 8.92. The molecule has 28 heavy (non-hydrogen) atoms. The van der Waals surface area contributed by atoms with E-state index in [-0.39, 0.29) is 12.1 Å². The third-order valence-electron chi connectivity index (χ3n) is 6.65. The zero-order valence-corrected chi connectivity index (χ0v) is 17.6. The summed E-state index contributed by atoms with van der Waals surface area (Å²) in [5.74, 6) is 0.418. The van der Waals surface area contributed by atoms with E-state index in [9.17, 15) is 4.79 Å². The van der Waals surface area contributed by atoms with Gasteiger partial charge in [0.25, 0.3) is 5.91 Å². The molecule has 1 aromatic rings. The number of methoxy groups -OCH3 is 1. The van der Waals surface area contributed by atoms with Gasteiger partial charge in [-0.15, -0.1) is 0 Å². The summed E-state index contributed by atoms with van der Waals surface area (Å²) in [4.78, 5) is 19.6. The van der Waals surface area contributed by atoms with Crippen molar-refractivity contribution < 1.29 is 23.6 Å². The van der Waals surface area contributed by atoms with E-state index in [1.54, 1.807) is 25.1 Å². The van der Waals surface area contributed by atoms with E-state index in [2.05, 4.69) is 4.98 Å². The second-order valence-corrected chi connectivity index (χ2v) is 8.92. The Labute approximate surface area is 166 Å². The lowest BCUT2D eigenvalue weighted by molar-refractivity contribution is -0.140. The highest BCUT2D eigenvalue weighted by Crippen LogP contribution is 2.44. The predicted molar refractivity (Wildman–Crippen MR) is 105 cm³/mol. The van der Waals surface area contributed by atoms with E-state index in [1.807, 2.05) is 33.8 Å². The quantitative estimate of drug-likeness (QED) is 0.739. The van der Waals surface area contributed by atoms with Gasteiger partial charge in [-0.1, -0.05) is 0 Å². The maximum Gasteiger partial charge on any atom is 0.495 e. The summed E-state index contributed by atoms with van der Waals surface area (Å²) in [7, 11) is 0.949. The zero-order valence-electron chi connectivity index (χ0n) is 17.6. The molecule has 1 unspecified atom stereocenters. The lowest BCUT2D eigenvalue weighted by Gasteiger charge is -2.32. The Morgan fingerprint density at radius 2 is 1.86 bits per heavy atom. The number of amides is 1. The van der Waals surface area contributed by atoms with Crippen molar-refractivity contribution in [2.45, 2.75) is 76.9 Å². The topological polar surface area (TPSA) is 70.1 Å². The Morgan fingerprint density at radius 1 is 1.18 bits per heavy atom.